The van der Waals surface area contributed by atoms with E-state index in [0.717, 1.165) is 5.75 Å². The molecule has 1 aliphatic rings. The molecule has 37 heavy (non-hydrogen) atoms. The van der Waals surface area contributed by atoms with Gasteiger partial charge in [0.2, 0.25) is 5.91 Å². The maximum Gasteiger partial charge on any atom is 0.269 e. The third-order valence-corrected chi connectivity index (χ3v) is 5.55. The zero-order valence-corrected chi connectivity index (χ0v) is 20.1. The van der Waals surface area contributed by atoms with Gasteiger partial charge in [0.15, 0.2) is 6.61 Å². The van der Waals surface area contributed by atoms with Crippen LogP contribution >= 0.6 is 0 Å². The van der Waals surface area contributed by atoms with Crippen molar-refractivity contribution in [1.82, 2.24) is 0 Å². The van der Waals surface area contributed by atoms with Crippen molar-refractivity contribution in [1.29, 1.82) is 0 Å². The Bertz CT molecular complexity index is 1300. The molecule has 4 rings (SSSR count). The van der Waals surface area contributed by atoms with Crippen LogP contribution in [0.3, 0.4) is 0 Å². The number of nitrogens with zero attached hydrogens (tertiary/aromatic N) is 2. The smallest absolute Gasteiger partial charge is 0.269 e. The molecule has 1 heterocycles. The third kappa shape index (κ3) is 6.63. The molecule has 2 amide bonds. The Balaban J connectivity index is 1.35. The maximum absolute atomic E-state index is 12.6. The first kappa shape index (κ1) is 25.2. The highest BCUT2D eigenvalue weighted by molar-refractivity contribution is 6.03. The number of carbonyl (C=O) groups is 2. The van der Waals surface area contributed by atoms with E-state index in [1.165, 1.54) is 18.2 Å². The fourth-order valence-corrected chi connectivity index (χ4v) is 3.67. The first-order valence-corrected chi connectivity index (χ1v) is 11.5. The topological polar surface area (TPSA) is 120 Å². The van der Waals surface area contributed by atoms with Gasteiger partial charge in [-0.05, 0) is 72.7 Å². The summed E-state index contributed by atoms with van der Waals surface area (Å²) in [6.07, 6.45) is 3.47. The monoisotopic (exact) mass is 503 g/mol. The molecule has 1 N–H and O–H groups in total. The van der Waals surface area contributed by atoms with E-state index in [2.05, 4.69) is 5.32 Å². The van der Waals surface area contributed by atoms with E-state index in [1.54, 1.807) is 48.4 Å². The van der Waals surface area contributed by atoms with Gasteiger partial charge in [-0.15, -0.1) is 0 Å². The van der Waals surface area contributed by atoms with Gasteiger partial charge >= 0.3 is 0 Å². The van der Waals surface area contributed by atoms with Gasteiger partial charge in [0.05, 0.1) is 24.3 Å². The Hall–Kier alpha value is -4.86. The number of fused-ring (bicyclic) bond motifs is 1. The normalized spacial score (nSPS) is 12.6. The minimum absolute atomic E-state index is 0.0238. The van der Waals surface area contributed by atoms with E-state index >= 15 is 0 Å². The molecule has 190 valence electrons. The summed E-state index contributed by atoms with van der Waals surface area (Å²) in [5.41, 5.74) is 1.69. The molecular weight excluding hydrogens is 478 g/mol. The van der Waals surface area contributed by atoms with E-state index in [-0.39, 0.29) is 24.1 Å². The van der Waals surface area contributed by atoms with Crippen molar-refractivity contribution in [2.75, 3.05) is 37.1 Å². The summed E-state index contributed by atoms with van der Waals surface area (Å²) in [7, 11) is 1.60. The number of hydrogen-bond acceptors (Lipinski definition) is 7. The number of anilines is 2. The van der Waals surface area contributed by atoms with Gasteiger partial charge in [0.25, 0.3) is 11.6 Å². The second-order valence-corrected chi connectivity index (χ2v) is 8.07. The lowest BCUT2D eigenvalue weighted by Crippen LogP contribution is -2.39. The number of benzene rings is 3. The highest BCUT2D eigenvalue weighted by Crippen LogP contribution is 2.34. The van der Waals surface area contributed by atoms with Crippen LogP contribution in [0.1, 0.15) is 12.0 Å². The van der Waals surface area contributed by atoms with Crippen LogP contribution in [-0.4, -0.2) is 43.6 Å². The second-order valence-electron chi connectivity index (χ2n) is 8.07. The highest BCUT2D eigenvalue weighted by atomic mass is 16.6. The quantitative estimate of drug-likeness (QED) is 0.188. The minimum Gasteiger partial charge on any atom is -0.497 e. The van der Waals surface area contributed by atoms with Crippen LogP contribution in [0, 0.1) is 10.1 Å². The van der Waals surface area contributed by atoms with E-state index in [4.69, 9.17) is 14.2 Å². The fourth-order valence-electron chi connectivity index (χ4n) is 3.67. The number of nitro benzene ring substituents is 1. The summed E-state index contributed by atoms with van der Waals surface area (Å²) < 4.78 is 16.4. The predicted octanol–water partition coefficient (Wildman–Crippen LogP) is 4.45. The maximum atomic E-state index is 12.6. The van der Waals surface area contributed by atoms with Crippen molar-refractivity contribution in [3.05, 3.63) is 88.5 Å². The molecule has 1 aliphatic heterocycles. The highest BCUT2D eigenvalue weighted by Gasteiger charge is 2.25. The lowest BCUT2D eigenvalue weighted by molar-refractivity contribution is -0.384. The van der Waals surface area contributed by atoms with Gasteiger partial charge < -0.3 is 24.4 Å². The van der Waals surface area contributed by atoms with Crippen molar-refractivity contribution in [3.8, 4) is 17.2 Å². The average Bonchev–Trinajstić information content (AvgIpc) is 2.91. The molecule has 3 aromatic carbocycles. The Morgan fingerprint density at radius 2 is 1.84 bits per heavy atom. The van der Waals surface area contributed by atoms with E-state index in [9.17, 15) is 19.7 Å². The van der Waals surface area contributed by atoms with Crippen LogP contribution in [0.5, 0.6) is 17.2 Å². The standard InChI is InChI=1S/C27H25N3O7/c1-35-22-9-11-23(12-10-22)36-16-2-15-29-24-17-20(6-13-25(24)37-18-27(29)32)28-26(31)14-5-19-3-7-21(8-4-19)30(33)34/h3-14,17H,2,15-16,18H2,1H3,(H,28,31)/b14-5+. The average molecular weight is 504 g/mol. The summed E-state index contributed by atoms with van der Waals surface area (Å²) in [5.74, 6) is 1.43. The molecule has 0 unspecified atom stereocenters. The number of nitro groups is 1. The molecular formula is C27H25N3O7. The molecule has 0 saturated heterocycles. The molecule has 10 nitrogen and oxygen atoms in total. The number of carbonyl (C=O) groups excluding carboxylic acids is 2. The molecule has 0 saturated carbocycles. The third-order valence-electron chi connectivity index (χ3n) is 5.55. The number of hydrogen-bond donors (Lipinski definition) is 1. The first-order valence-electron chi connectivity index (χ1n) is 11.5. The lowest BCUT2D eigenvalue weighted by Gasteiger charge is -2.29. The number of non-ortho nitro benzene ring substituents is 1. The van der Waals surface area contributed by atoms with Gasteiger partial charge in [-0.25, -0.2) is 0 Å². The van der Waals surface area contributed by atoms with Gasteiger partial charge in [0.1, 0.15) is 17.2 Å². The van der Waals surface area contributed by atoms with Gasteiger partial charge in [-0.2, -0.15) is 0 Å². The predicted molar refractivity (Wildman–Crippen MR) is 138 cm³/mol. The van der Waals surface area contributed by atoms with E-state index < -0.39 is 4.92 Å². The summed E-state index contributed by atoms with van der Waals surface area (Å²) in [5, 5.41) is 13.5. The molecule has 0 radical (unpaired) electrons. The van der Waals surface area contributed by atoms with Crippen molar-refractivity contribution in [2.45, 2.75) is 6.42 Å². The Morgan fingerprint density at radius 1 is 1.11 bits per heavy atom. The second kappa shape index (κ2) is 11.7. The summed E-state index contributed by atoms with van der Waals surface area (Å²) in [4.78, 5) is 36.9. The van der Waals surface area contributed by atoms with E-state index in [1.807, 2.05) is 24.3 Å². The van der Waals surface area contributed by atoms with Crippen LogP contribution in [0.2, 0.25) is 0 Å². The minimum atomic E-state index is -0.484. The number of nitrogens with one attached hydrogen (secondary N) is 1. The molecule has 10 heteroatoms. The first-order chi connectivity index (χ1) is 17.9. The zero-order valence-electron chi connectivity index (χ0n) is 20.1. The van der Waals surface area contributed by atoms with Crippen molar-refractivity contribution >= 4 is 35.0 Å². The van der Waals surface area contributed by atoms with Gasteiger partial charge in [0, 0.05) is 30.4 Å². The van der Waals surface area contributed by atoms with Crippen molar-refractivity contribution < 1.29 is 28.7 Å². The molecule has 0 aromatic heterocycles. The Labute approximate surface area is 213 Å². The molecule has 0 bridgehead atoms. The largest absolute Gasteiger partial charge is 0.497 e. The number of ether oxygens (including phenoxy) is 3. The summed E-state index contributed by atoms with van der Waals surface area (Å²) in [6, 6.07) is 18.2. The lowest BCUT2D eigenvalue weighted by atomic mass is 10.2. The Kier molecular flexibility index (Phi) is 7.99. The molecule has 3 aromatic rings. The van der Waals surface area contributed by atoms with Crippen LogP contribution in [-0.2, 0) is 9.59 Å². The molecule has 0 spiro atoms. The van der Waals surface area contributed by atoms with Gasteiger partial charge in [-0.3, -0.25) is 19.7 Å². The van der Waals surface area contributed by atoms with Gasteiger partial charge in [-0.1, -0.05) is 0 Å². The molecule has 0 aliphatic carbocycles. The summed E-state index contributed by atoms with van der Waals surface area (Å²) in [6.45, 7) is 0.773. The summed E-state index contributed by atoms with van der Waals surface area (Å²) >= 11 is 0. The fraction of sp³-hybridized carbons (Fsp3) is 0.185. The van der Waals surface area contributed by atoms with Crippen LogP contribution < -0.4 is 24.4 Å². The Morgan fingerprint density at radius 3 is 2.54 bits per heavy atom. The van der Waals surface area contributed by atoms with E-state index in [0.29, 0.717) is 48.0 Å². The van der Waals surface area contributed by atoms with Crippen LogP contribution in [0.25, 0.3) is 6.08 Å². The zero-order chi connectivity index (χ0) is 26.2. The van der Waals surface area contributed by atoms with Crippen LogP contribution in [0.15, 0.2) is 72.8 Å². The molecule has 0 fully saturated rings. The number of methoxy groups -OCH3 is 1. The van der Waals surface area contributed by atoms with Crippen molar-refractivity contribution in [2.24, 2.45) is 0 Å². The number of rotatable bonds is 10. The molecule has 0 atom stereocenters. The van der Waals surface area contributed by atoms with Crippen LogP contribution in [0.4, 0.5) is 17.1 Å². The number of amides is 2. The SMILES string of the molecule is COc1ccc(OCCCN2C(=O)COc3ccc(NC(=O)/C=C/c4ccc([N+](=O)[O-])cc4)cc32)cc1. The van der Waals surface area contributed by atoms with Crippen molar-refractivity contribution in [3.63, 3.8) is 0 Å².